The topological polar surface area (TPSA) is 55.0 Å². The smallest absolute Gasteiger partial charge is 0.222 e. The molecule has 0 atom stereocenters. The molecule has 1 aromatic heterocycles. The Kier molecular flexibility index (Phi) is 5.41. The number of hydrogen-bond donors (Lipinski definition) is 1. The summed E-state index contributed by atoms with van der Waals surface area (Å²) in [6.45, 7) is 2.93. The summed E-state index contributed by atoms with van der Waals surface area (Å²) in [7, 11) is 0. The third-order valence-corrected chi connectivity index (χ3v) is 2.88. The van der Waals surface area contributed by atoms with E-state index in [2.05, 4.69) is 14.9 Å². The molecular formula is C10H16Cl2N4. The van der Waals surface area contributed by atoms with Crippen LogP contribution < -0.4 is 5.73 Å². The van der Waals surface area contributed by atoms with Gasteiger partial charge in [-0.3, -0.25) is 4.90 Å². The molecule has 4 nitrogen and oxygen atoms in total. The van der Waals surface area contributed by atoms with Gasteiger partial charge in [-0.05, 0) is 30.5 Å². The van der Waals surface area contributed by atoms with Crippen LogP contribution in [0.3, 0.4) is 0 Å². The van der Waals surface area contributed by atoms with Gasteiger partial charge in [0.2, 0.25) is 5.28 Å². The number of likely N-dealkylation sites (tertiary alicyclic amines) is 1. The van der Waals surface area contributed by atoms with Crippen LogP contribution in [0.15, 0.2) is 12.3 Å². The molecule has 90 valence electrons. The summed E-state index contributed by atoms with van der Waals surface area (Å²) in [6, 6.07) is 2.27. The zero-order chi connectivity index (χ0) is 10.7. The monoisotopic (exact) mass is 262 g/mol. The minimum Gasteiger partial charge on any atom is -0.328 e. The molecule has 6 heteroatoms. The van der Waals surface area contributed by atoms with Gasteiger partial charge in [0.1, 0.15) is 0 Å². The van der Waals surface area contributed by atoms with E-state index >= 15 is 0 Å². The SMILES string of the molecule is Cl.NC1CCN(Cc2ccnc(Cl)n2)CC1. The van der Waals surface area contributed by atoms with E-state index in [0.29, 0.717) is 11.3 Å². The van der Waals surface area contributed by atoms with E-state index in [4.69, 9.17) is 17.3 Å². The molecule has 1 saturated heterocycles. The lowest BCUT2D eigenvalue weighted by Gasteiger charge is -2.29. The lowest BCUT2D eigenvalue weighted by atomic mass is 10.1. The number of hydrogen-bond acceptors (Lipinski definition) is 4. The van der Waals surface area contributed by atoms with E-state index in [1.54, 1.807) is 6.20 Å². The summed E-state index contributed by atoms with van der Waals surface area (Å²) >= 11 is 5.72. The molecule has 16 heavy (non-hydrogen) atoms. The Hall–Kier alpha value is -0.420. The fourth-order valence-corrected chi connectivity index (χ4v) is 1.96. The maximum Gasteiger partial charge on any atom is 0.222 e. The first kappa shape index (κ1) is 13.6. The molecule has 1 fully saturated rings. The Morgan fingerprint density at radius 3 is 2.75 bits per heavy atom. The Bertz CT molecular complexity index is 326. The number of nitrogens with two attached hydrogens (primary N) is 1. The lowest BCUT2D eigenvalue weighted by Crippen LogP contribution is -2.39. The Morgan fingerprint density at radius 1 is 1.44 bits per heavy atom. The van der Waals surface area contributed by atoms with Gasteiger partial charge in [-0.25, -0.2) is 9.97 Å². The second-order valence-electron chi connectivity index (χ2n) is 3.93. The average molecular weight is 263 g/mol. The van der Waals surface area contributed by atoms with Gasteiger partial charge in [-0.2, -0.15) is 0 Å². The molecule has 1 aromatic rings. The van der Waals surface area contributed by atoms with Gasteiger partial charge in [-0.15, -0.1) is 12.4 Å². The second kappa shape index (κ2) is 6.35. The highest BCUT2D eigenvalue weighted by atomic mass is 35.5. The first-order chi connectivity index (χ1) is 7.24. The van der Waals surface area contributed by atoms with Crippen LogP contribution in [0, 0.1) is 0 Å². The van der Waals surface area contributed by atoms with Crippen LogP contribution in [0.5, 0.6) is 0 Å². The molecule has 0 aliphatic carbocycles. The third-order valence-electron chi connectivity index (χ3n) is 2.70. The molecule has 0 radical (unpaired) electrons. The van der Waals surface area contributed by atoms with Gasteiger partial charge >= 0.3 is 0 Å². The van der Waals surface area contributed by atoms with Gasteiger partial charge in [0.05, 0.1) is 5.69 Å². The number of rotatable bonds is 2. The quantitative estimate of drug-likeness (QED) is 0.821. The van der Waals surface area contributed by atoms with Crippen molar-refractivity contribution in [2.24, 2.45) is 5.73 Å². The summed E-state index contributed by atoms with van der Waals surface area (Å²) in [4.78, 5) is 10.4. The summed E-state index contributed by atoms with van der Waals surface area (Å²) < 4.78 is 0. The fraction of sp³-hybridized carbons (Fsp3) is 0.600. The molecule has 0 unspecified atom stereocenters. The van der Waals surface area contributed by atoms with Crippen molar-refractivity contribution in [2.45, 2.75) is 25.4 Å². The largest absolute Gasteiger partial charge is 0.328 e. The maximum atomic E-state index is 5.84. The Labute approximate surface area is 107 Å². The molecule has 0 aromatic carbocycles. The van der Waals surface area contributed by atoms with Crippen LogP contribution in [0.25, 0.3) is 0 Å². The molecular weight excluding hydrogens is 247 g/mol. The van der Waals surface area contributed by atoms with E-state index in [9.17, 15) is 0 Å². The lowest BCUT2D eigenvalue weighted by molar-refractivity contribution is 0.203. The average Bonchev–Trinajstić information content (AvgIpc) is 2.22. The van der Waals surface area contributed by atoms with Crippen LogP contribution in [-0.2, 0) is 6.54 Å². The van der Waals surface area contributed by atoms with Crippen LogP contribution in [0.1, 0.15) is 18.5 Å². The molecule has 2 N–H and O–H groups in total. The van der Waals surface area contributed by atoms with E-state index in [-0.39, 0.29) is 12.4 Å². The zero-order valence-corrected chi connectivity index (χ0v) is 10.5. The van der Waals surface area contributed by atoms with Crippen molar-refractivity contribution in [3.8, 4) is 0 Å². The van der Waals surface area contributed by atoms with Crippen molar-refractivity contribution in [3.05, 3.63) is 23.2 Å². The van der Waals surface area contributed by atoms with Crippen molar-refractivity contribution in [1.82, 2.24) is 14.9 Å². The van der Waals surface area contributed by atoms with Crippen molar-refractivity contribution in [1.29, 1.82) is 0 Å². The van der Waals surface area contributed by atoms with Crippen molar-refractivity contribution in [3.63, 3.8) is 0 Å². The molecule has 2 heterocycles. The normalized spacial score (nSPS) is 18.1. The fourth-order valence-electron chi connectivity index (χ4n) is 1.80. The highest BCUT2D eigenvalue weighted by Gasteiger charge is 2.16. The number of aromatic nitrogens is 2. The van der Waals surface area contributed by atoms with E-state index in [1.165, 1.54) is 0 Å². The van der Waals surface area contributed by atoms with Crippen molar-refractivity contribution >= 4 is 24.0 Å². The molecule has 2 rings (SSSR count). The van der Waals surface area contributed by atoms with Gasteiger partial charge in [-0.1, -0.05) is 0 Å². The predicted octanol–water partition coefficient (Wildman–Crippen LogP) is 1.47. The standard InChI is InChI=1S/C10H15ClN4.ClH/c11-10-13-4-1-9(14-10)7-15-5-2-8(12)3-6-15;/h1,4,8H,2-3,5-7,12H2;1H. The maximum absolute atomic E-state index is 5.84. The van der Waals surface area contributed by atoms with E-state index in [1.807, 2.05) is 6.07 Å². The highest BCUT2D eigenvalue weighted by molar-refractivity contribution is 6.28. The molecule has 0 bridgehead atoms. The van der Waals surface area contributed by atoms with Crippen LogP contribution in [-0.4, -0.2) is 34.0 Å². The second-order valence-corrected chi connectivity index (χ2v) is 4.27. The van der Waals surface area contributed by atoms with E-state index in [0.717, 1.165) is 38.2 Å². The third kappa shape index (κ3) is 3.87. The van der Waals surface area contributed by atoms with Crippen LogP contribution >= 0.6 is 24.0 Å². The summed E-state index contributed by atoms with van der Waals surface area (Å²) in [6.07, 6.45) is 3.83. The number of piperidine rings is 1. The van der Waals surface area contributed by atoms with Gasteiger partial charge in [0.15, 0.2) is 0 Å². The molecule has 0 amide bonds. The van der Waals surface area contributed by atoms with Gasteiger partial charge in [0, 0.05) is 31.9 Å². The molecule has 0 spiro atoms. The summed E-state index contributed by atoms with van der Waals surface area (Å²) in [5.74, 6) is 0. The van der Waals surface area contributed by atoms with Crippen LogP contribution in [0.4, 0.5) is 0 Å². The van der Waals surface area contributed by atoms with E-state index < -0.39 is 0 Å². The minimum atomic E-state index is 0. The Morgan fingerprint density at radius 2 is 2.12 bits per heavy atom. The van der Waals surface area contributed by atoms with Gasteiger partial charge < -0.3 is 5.73 Å². The molecule has 1 aliphatic rings. The number of nitrogens with zero attached hydrogens (tertiary/aromatic N) is 3. The van der Waals surface area contributed by atoms with Crippen molar-refractivity contribution in [2.75, 3.05) is 13.1 Å². The van der Waals surface area contributed by atoms with Crippen LogP contribution in [0.2, 0.25) is 5.28 Å². The summed E-state index contributed by atoms with van der Waals surface area (Å²) in [5, 5.41) is 0.321. The molecule has 1 aliphatic heterocycles. The van der Waals surface area contributed by atoms with Crippen molar-refractivity contribution < 1.29 is 0 Å². The first-order valence-electron chi connectivity index (χ1n) is 5.19. The van der Waals surface area contributed by atoms with Gasteiger partial charge in [0.25, 0.3) is 0 Å². The highest BCUT2D eigenvalue weighted by Crippen LogP contribution is 2.11. The minimum absolute atomic E-state index is 0. The number of halogens is 2. The summed E-state index contributed by atoms with van der Waals surface area (Å²) in [5.41, 5.74) is 6.82. The predicted molar refractivity (Wildman–Crippen MR) is 66.8 cm³/mol. The Balaban J connectivity index is 0.00000128. The first-order valence-corrected chi connectivity index (χ1v) is 5.57. The zero-order valence-electron chi connectivity index (χ0n) is 8.97. The molecule has 0 saturated carbocycles.